The standard InChI is InChI=1S/C17H21ClN2O4/c1-23-15-5-4-12(8-14(15)18)20-10-11(7-16(20)21)17(22)19-9-13-3-2-6-24-13/h4-5,8,11,13H,2-3,6-7,9-10H2,1H3,(H,19,22). The van der Waals surface area contributed by atoms with Crippen LogP contribution in [0.25, 0.3) is 0 Å². The Morgan fingerprint density at radius 3 is 3.00 bits per heavy atom. The van der Waals surface area contributed by atoms with E-state index in [0.717, 1.165) is 19.4 Å². The second-order valence-corrected chi connectivity index (χ2v) is 6.51. The van der Waals surface area contributed by atoms with Crippen molar-refractivity contribution in [1.29, 1.82) is 0 Å². The van der Waals surface area contributed by atoms with Crippen LogP contribution in [0.2, 0.25) is 5.02 Å². The molecule has 0 bridgehead atoms. The number of carbonyl (C=O) groups excluding carboxylic acids is 2. The molecule has 2 amide bonds. The van der Waals surface area contributed by atoms with Crippen molar-refractivity contribution in [2.45, 2.75) is 25.4 Å². The van der Waals surface area contributed by atoms with Crippen molar-refractivity contribution in [3.63, 3.8) is 0 Å². The summed E-state index contributed by atoms with van der Waals surface area (Å²) in [5.41, 5.74) is 0.681. The summed E-state index contributed by atoms with van der Waals surface area (Å²) in [4.78, 5) is 26.2. The zero-order valence-corrected chi connectivity index (χ0v) is 14.3. The lowest BCUT2D eigenvalue weighted by atomic mass is 10.1. The van der Waals surface area contributed by atoms with Crippen LogP contribution in [0.15, 0.2) is 18.2 Å². The van der Waals surface area contributed by atoms with Gasteiger partial charge in [-0.2, -0.15) is 0 Å². The number of nitrogens with zero attached hydrogens (tertiary/aromatic N) is 1. The molecule has 1 aromatic carbocycles. The molecule has 2 saturated heterocycles. The van der Waals surface area contributed by atoms with Crippen molar-refractivity contribution in [3.8, 4) is 5.75 Å². The van der Waals surface area contributed by atoms with Crippen molar-refractivity contribution < 1.29 is 19.1 Å². The van der Waals surface area contributed by atoms with E-state index in [0.29, 0.717) is 29.5 Å². The minimum atomic E-state index is -0.347. The predicted octanol–water partition coefficient (Wildman–Crippen LogP) is 2.00. The molecule has 2 heterocycles. The molecule has 2 aliphatic rings. The number of hydrogen-bond acceptors (Lipinski definition) is 4. The third-order valence-corrected chi connectivity index (χ3v) is 4.77. The van der Waals surface area contributed by atoms with Crippen LogP contribution in [-0.4, -0.2) is 44.7 Å². The van der Waals surface area contributed by atoms with Gasteiger partial charge in [-0.15, -0.1) is 0 Å². The Labute approximate surface area is 146 Å². The van der Waals surface area contributed by atoms with Gasteiger partial charge >= 0.3 is 0 Å². The van der Waals surface area contributed by atoms with E-state index in [1.165, 1.54) is 7.11 Å². The van der Waals surface area contributed by atoms with E-state index < -0.39 is 0 Å². The molecule has 0 aliphatic carbocycles. The van der Waals surface area contributed by atoms with Crippen molar-refractivity contribution in [3.05, 3.63) is 23.2 Å². The highest BCUT2D eigenvalue weighted by Crippen LogP contribution is 2.32. The number of methoxy groups -OCH3 is 1. The van der Waals surface area contributed by atoms with Gasteiger partial charge in [-0.05, 0) is 31.0 Å². The van der Waals surface area contributed by atoms with Crippen LogP contribution >= 0.6 is 11.6 Å². The van der Waals surface area contributed by atoms with E-state index in [1.807, 2.05) is 0 Å². The number of nitrogens with one attached hydrogen (secondary N) is 1. The molecule has 0 aromatic heterocycles. The maximum atomic E-state index is 12.3. The quantitative estimate of drug-likeness (QED) is 0.880. The summed E-state index contributed by atoms with van der Waals surface area (Å²) in [6.07, 6.45) is 2.32. The van der Waals surface area contributed by atoms with Gasteiger partial charge in [0.2, 0.25) is 11.8 Å². The van der Waals surface area contributed by atoms with Crippen molar-refractivity contribution >= 4 is 29.1 Å². The third kappa shape index (κ3) is 3.65. The minimum absolute atomic E-state index is 0.0755. The Bertz CT molecular complexity index is 631. The van der Waals surface area contributed by atoms with Crippen molar-refractivity contribution in [1.82, 2.24) is 5.32 Å². The molecule has 2 aliphatic heterocycles. The van der Waals surface area contributed by atoms with Gasteiger partial charge in [-0.1, -0.05) is 11.6 Å². The number of carbonyl (C=O) groups is 2. The summed E-state index contributed by atoms with van der Waals surface area (Å²) in [6.45, 7) is 1.63. The van der Waals surface area contributed by atoms with Gasteiger partial charge < -0.3 is 19.7 Å². The molecule has 0 radical (unpaired) electrons. The highest BCUT2D eigenvalue weighted by molar-refractivity contribution is 6.32. The number of anilines is 1. The summed E-state index contributed by atoms with van der Waals surface area (Å²) in [5, 5.41) is 3.34. The van der Waals surface area contributed by atoms with E-state index >= 15 is 0 Å². The molecule has 7 heteroatoms. The molecule has 2 atom stereocenters. The lowest BCUT2D eigenvalue weighted by Crippen LogP contribution is -2.37. The number of halogens is 1. The van der Waals surface area contributed by atoms with E-state index in [1.54, 1.807) is 23.1 Å². The van der Waals surface area contributed by atoms with Gasteiger partial charge in [0.15, 0.2) is 0 Å². The van der Waals surface area contributed by atoms with Crippen molar-refractivity contribution in [2.75, 3.05) is 31.7 Å². The largest absolute Gasteiger partial charge is 0.495 e. The first-order valence-corrected chi connectivity index (χ1v) is 8.49. The molecule has 0 saturated carbocycles. The van der Waals surface area contributed by atoms with Gasteiger partial charge in [0.25, 0.3) is 0 Å². The maximum Gasteiger partial charge on any atom is 0.227 e. The fourth-order valence-electron chi connectivity index (χ4n) is 3.12. The summed E-state index contributed by atoms with van der Waals surface area (Å²) in [6, 6.07) is 5.18. The van der Waals surface area contributed by atoms with Crippen LogP contribution in [-0.2, 0) is 14.3 Å². The molecule has 3 rings (SSSR count). The summed E-state index contributed by atoms with van der Waals surface area (Å²) >= 11 is 6.12. The Hall–Kier alpha value is -1.79. The molecule has 130 valence electrons. The molecular weight excluding hydrogens is 332 g/mol. The fourth-order valence-corrected chi connectivity index (χ4v) is 3.37. The molecule has 1 N–H and O–H groups in total. The lowest BCUT2D eigenvalue weighted by molar-refractivity contribution is -0.126. The number of rotatable bonds is 5. The summed E-state index contributed by atoms with van der Waals surface area (Å²) < 4.78 is 10.6. The fraction of sp³-hybridized carbons (Fsp3) is 0.529. The van der Waals surface area contributed by atoms with E-state index in [4.69, 9.17) is 21.1 Å². The Kier molecular flexibility index (Phi) is 5.26. The van der Waals surface area contributed by atoms with Gasteiger partial charge in [-0.3, -0.25) is 9.59 Å². The van der Waals surface area contributed by atoms with Crippen LogP contribution in [0.3, 0.4) is 0 Å². The lowest BCUT2D eigenvalue weighted by Gasteiger charge is -2.18. The number of hydrogen-bond donors (Lipinski definition) is 1. The summed E-state index contributed by atoms with van der Waals surface area (Å²) in [7, 11) is 1.54. The molecule has 1 aromatic rings. The molecule has 2 fully saturated rings. The number of benzene rings is 1. The SMILES string of the molecule is COc1ccc(N2CC(C(=O)NCC3CCCO3)CC2=O)cc1Cl. The van der Waals surface area contributed by atoms with Crippen molar-refractivity contribution in [2.24, 2.45) is 5.92 Å². The van der Waals surface area contributed by atoms with Crippen LogP contribution in [0.5, 0.6) is 5.75 Å². The van der Waals surface area contributed by atoms with E-state index in [2.05, 4.69) is 5.32 Å². The zero-order chi connectivity index (χ0) is 17.1. The van der Waals surface area contributed by atoms with Crippen LogP contribution in [0.4, 0.5) is 5.69 Å². The molecule has 24 heavy (non-hydrogen) atoms. The Morgan fingerprint density at radius 1 is 1.50 bits per heavy atom. The second-order valence-electron chi connectivity index (χ2n) is 6.10. The molecule has 6 nitrogen and oxygen atoms in total. The first kappa shape index (κ1) is 17.0. The highest BCUT2D eigenvalue weighted by atomic mass is 35.5. The second kappa shape index (κ2) is 7.40. The van der Waals surface area contributed by atoms with Crippen LogP contribution < -0.4 is 15.0 Å². The van der Waals surface area contributed by atoms with Gasteiger partial charge in [0, 0.05) is 31.8 Å². The van der Waals surface area contributed by atoms with Gasteiger partial charge in [0.1, 0.15) is 5.75 Å². The smallest absolute Gasteiger partial charge is 0.227 e. The average molecular weight is 353 g/mol. The normalized spacial score (nSPS) is 23.6. The third-order valence-electron chi connectivity index (χ3n) is 4.47. The minimum Gasteiger partial charge on any atom is -0.495 e. The molecule has 2 unspecified atom stereocenters. The molecular formula is C17H21ClN2O4. The maximum absolute atomic E-state index is 12.3. The average Bonchev–Trinajstić information content (AvgIpc) is 3.22. The molecule has 0 spiro atoms. The first-order chi connectivity index (χ1) is 11.6. The Morgan fingerprint density at radius 2 is 2.33 bits per heavy atom. The van der Waals surface area contributed by atoms with E-state index in [9.17, 15) is 9.59 Å². The van der Waals surface area contributed by atoms with Gasteiger partial charge in [0.05, 0.1) is 24.2 Å². The first-order valence-electron chi connectivity index (χ1n) is 8.11. The predicted molar refractivity (Wildman–Crippen MR) is 90.4 cm³/mol. The monoisotopic (exact) mass is 352 g/mol. The topological polar surface area (TPSA) is 67.9 Å². The summed E-state index contributed by atoms with van der Waals surface area (Å²) in [5.74, 6) is 0.0344. The number of amides is 2. The number of ether oxygens (including phenoxy) is 2. The zero-order valence-electron chi connectivity index (χ0n) is 13.6. The van der Waals surface area contributed by atoms with Crippen LogP contribution in [0, 0.1) is 5.92 Å². The highest BCUT2D eigenvalue weighted by Gasteiger charge is 2.35. The Balaban J connectivity index is 1.60. The van der Waals surface area contributed by atoms with Gasteiger partial charge in [-0.25, -0.2) is 0 Å². The van der Waals surface area contributed by atoms with Crippen LogP contribution in [0.1, 0.15) is 19.3 Å². The van der Waals surface area contributed by atoms with E-state index in [-0.39, 0.29) is 30.3 Å².